The Hall–Kier alpha value is -3.56. The number of aryl methyl sites for hydroxylation is 1. The molecular formula is C32H40ClN3O5S. The predicted molar refractivity (Wildman–Crippen MR) is 168 cm³/mol. The molecule has 0 aliphatic heterocycles. The average molecular weight is 614 g/mol. The minimum Gasteiger partial charge on any atom is -0.497 e. The highest BCUT2D eigenvalue weighted by Gasteiger charge is 2.31. The number of amides is 2. The fourth-order valence-corrected chi connectivity index (χ4v) is 5.92. The molecule has 0 radical (unpaired) electrons. The lowest BCUT2D eigenvalue weighted by atomic mass is 10.0. The Morgan fingerprint density at radius 1 is 0.976 bits per heavy atom. The van der Waals surface area contributed by atoms with Crippen molar-refractivity contribution in [1.29, 1.82) is 0 Å². The van der Waals surface area contributed by atoms with Crippen molar-refractivity contribution < 1.29 is 22.7 Å². The van der Waals surface area contributed by atoms with Crippen LogP contribution in [0.1, 0.15) is 43.4 Å². The molecule has 42 heavy (non-hydrogen) atoms. The molecule has 10 heteroatoms. The third-order valence-corrected chi connectivity index (χ3v) is 8.20. The van der Waals surface area contributed by atoms with Crippen molar-refractivity contribution in [3.8, 4) is 5.75 Å². The van der Waals surface area contributed by atoms with E-state index in [-0.39, 0.29) is 43.8 Å². The van der Waals surface area contributed by atoms with Crippen LogP contribution in [0.4, 0.5) is 5.69 Å². The summed E-state index contributed by atoms with van der Waals surface area (Å²) >= 11 is 6.17. The highest BCUT2D eigenvalue weighted by atomic mass is 35.5. The molecule has 0 aliphatic rings. The summed E-state index contributed by atoms with van der Waals surface area (Å²) in [4.78, 5) is 29.1. The van der Waals surface area contributed by atoms with Crippen molar-refractivity contribution in [2.45, 2.75) is 58.7 Å². The van der Waals surface area contributed by atoms with E-state index in [1.54, 1.807) is 30.2 Å². The van der Waals surface area contributed by atoms with Gasteiger partial charge in [-0.2, -0.15) is 0 Å². The highest BCUT2D eigenvalue weighted by molar-refractivity contribution is 7.92. The molecule has 2 amide bonds. The number of rotatable bonds is 14. The second-order valence-corrected chi connectivity index (χ2v) is 13.0. The normalized spacial score (nSPS) is 12.1. The number of carbonyl (C=O) groups is 2. The van der Waals surface area contributed by atoms with Crippen molar-refractivity contribution >= 4 is 39.1 Å². The quantitative estimate of drug-likeness (QED) is 0.264. The maximum atomic E-state index is 13.9. The molecule has 0 aliphatic carbocycles. The van der Waals surface area contributed by atoms with E-state index in [1.165, 1.54) is 4.31 Å². The molecule has 0 saturated heterocycles. The van der Waals surface area contributed by atoms with Crippen molar-refractivity contribution in [1.82, 2.24) is 10.2 Å². The molecule has 0 bridgehead atoms. The van der Waals surface area contributed by atoms with E-state index >= 15 is 0 Å². The highest BCUT2D eigenvalue weighted by Crippen LogP contribution is 2.27. The van der Waals surface area contributed by atoms with Gasteiger partial charge < -0.3 is 15.0 Å². The Bertz CT molecular complexity index is 1460. The van der Waals surface area contributed by atoms with Gasteiger partial charge in [-0.05, 0) is 68.1 Å². The molecule has 226 valence electrons. The molecular weight excluding hydrogens is 574 g/mol. The van der Waals surface area contributed by atoms with Crippen molar-refractivity contribution in [2.24, 2.45) is 0 Å². The van der Waals surface area contributed by atoms with Gasteiger partial charge in [-0.15, -0.1) is 0 Å². The lowest BCUT2D eigenvalue weighted by Gasteiger charge is -2.32. The molecule has 0 fully saturated rings. The number of hydrogen-bond acceptors (Lipinski definition) is 5. The third-order valence-electron chi connectivity index (χ3n) is 6.78. The topological polar surface area (TPSA) is 96.0 Å². The summed E-state index contributed by atoms with van der Waals surface area (Å²) in [5.41, 5.74) is 2.96. The van der Waals surface area contributed by atoms with E-state index < -0.39 is 16.1 Å². The van der Waals surface area contributed by atoms with E-state index in [2.05, 4.69) is 5.32 Å². The second-order valence-electron chi connectivity index (χ2n) is 10.6. The minimum absolute atomic E-state index is 0.0375. The predicted octanol–water partition coefficient (Wildman–Crippen LogP) is 5.37. The zero-order chi connectivity index (χ0) is 30.9. The molecule has 1 unspecified atom stereocenters. The first-order valence-electron chi connectivity index (χ1n) is 13.9. The van der Waals surface area contributed by atoms with Crippen LogP contribution < -0.4 is 14.4 Å². The van der Waals surface area contributed by atoms with Crippen molar-refractivity contribution in [3.63, 3.8) is 0 Å². The summed E-state index contributed by atoms with van der Waals surface area (Å²) in [6.45, 7) is 5.83. The zero-order valence-electron chi connectivity index (χ0n) is 24.8. The van der Waals surface area contributed by atoms with Gasteiger partial charge in [0.2, 0.25) is 21.8 Å². The maximum Gasteiger partial charge on any atom is 0.243 e. The van der Waals surface area contributed by atoms with Gasteiger partial charge in [-0.1, -0.05) is 60.1 Å². The molecule has 0 heterocycles. The largest absolute Gasteiger partial charge is 0.497 e. The van der Waals surface area contributed by atoms with Gasteiger partial charge in [-0.3, -0.25) is 13.9 Å². The molecule has 3 aromatic carbocycles. The van der Waals surface area contributed by atoms with E-state index in [0.717, 1.165) is 22.9 Å². The number of nitrogens with one attached hydrogen (secondary N) is 1. The number of sulfonamides is 1. The standard InChI is InChI=1S/C32H40ClN3O5S/c1-23(2)34-32(38)30(20-25-11-7-6-8-12-25)35(22-26-13-9-14-28(19-26)41-4)31(37)15-10-18-36(42(5,39)40)29-21-27(33)17-16-24(29)3/h6-9,11-14,16-17,19,21,23,30H,10,15,18,20,22H2,1-5H3,(H,34,38). The Morgan fingerprint density at radius 3 is 2.31 bits per heavy atom. The van der Waals surface area contributed by atoms with Gasteiger partial charge >= 0.3 is 0 Å². The fraction of sp³-hybridized carbons (Fsp3) is 0.375. The van der Waals surface area contributed by atoms with Gasteiger partial charge in [-0.25, -0.2) is 8.42 Å². The molecule has 1 atom stereocenters. The summed E-state index contributed by atoms with van der Waals surface area (Å²) in [5, 5.41) is 3.40. The first-order valence-corrected chi connectivity index (χ1v) is 16.1. The third kappa shape index (κ3) is 9.49. The first-order chi connectivity index (χ1) is 19.9. The second kappa shape index (κ2) is 15.1. The molecule has 8 nitrogen and oxygen atoms in total. The maximum absolute atomic E-state index is 13.9. The Kier molecular flexibility index (Phi) is 11.8. The number of ether oxygens (including phenoxy) is 1. The van der Waals surface area contributed by atoms with Crippen LogP contribution in [0.5, 0.6) is 5.75 Å². The van der Waals surface area contributed by atoms with Gasteiger partial charge in [0.05, 0.1) is 19.1 Å². The summed E-state index contributed by atoms with van der Waals surface area (Å²) in [5.74, 6) is 0.137. The number of benzene rings is 3. The molecule has 3 aromatic rings. The summed E-state index contributed by atoms with van der Waals surface area (Å²) in [6, 6.07) is 21.1. The van der Waals surface area contributed by atoms with Crippen LogP contribution >= 0.6 is 11.6 Å². The van der Waals surface area contributed by atoms with Crippen molar-refractivity contribution in [2.75, 3.05) is 24.2 Å². The van der Waals surface area contributed by atoms with Gasteiger partial charge in [0, 0.05) is 37.0 Å². The fourth-order valence-electron chi connectivity index (χ4n) is 4.74. The number of carbonyl (C=O) groups excluding carboxylic acids is 2. The van der Waals surface area contributed by atoms with Crippen LogP contribution in [0, 0.1) is 6.92 Å². The van der Waals surface area contributed by atoms with Gasteiger partial charge in [0.15, 0.2) is 0 Å². The van der Waals surface area contributed by atoms with Crippen LogP contribution in [0.2, 0.25) is 5.02 Å². The average Bonchev–Trinajstić information content (AvgIpc) is 2.94. The van der Waals surface area contributed by atoms with Crippen LogP contribution in [-0.4, -0.2) is 57.1 Å². The summed E-state index contributed by atoms with van der Waals surface area (Å²) in [6.07, 6.45) is 1.74. The first kappa shape index (κ1) is 32.9. The van der Waals surface area contributed by atoms with Crippen LogP contribution in [0.3, 0.4) is 0 Å². The van der Waals surface area contributed by atoms with Crippen LogP contribution in [0.25, 0.3) is 0 Å². The molecule has 3 rings (SSSR count). The summed E-state index contributed by atoms with van der Waals surface area (Å²) in [7, 11) is -2.07. The Morgan fingerprint density at radius 2 is 1.67 bits per heavy atom. The Balaban J connectivity index is 1.92. The number of methoxy groups -OCH3 is 1. The molecule has 1 N–H and O–H groups in total. The Labute approximate surface area is 254 Å². The minimum atomic E-state index is -3.64. The number of anilines is 1. The SMILES string of the molecule is COc1cccc(CN(C(=O)CCCN(c2cc(Cl)ccc2C)S(C)(=O)=O)C(Cc2ccccc2)C(=O)NC(C)C)c1. The number of hydrogen-bond donors (Lipinski definition) is 1. The van der Waals surface area contributed by atoms with Gasteiger partial charge in [0.1, 0.15) is 11.8 Å². The van der Waals surface area contributed by atoms with E-state index in [1.807, 2.05) is 75.4 Å². The van der Waals surface area contributed by atoms with Crippen LogP contribution in [-0.2, 0) is 32.6 Å². The van der Waals surface area contributed by atoms with Crippen LogP contribution in [0.15, 0.2) is 72.8 Å². The monoisotopic (exact) mass is 613 g/mol. The van der Waals surface area contributed by atoms with E-state index in [9.17, 15) is 18.0 Å². The smallest absolute Gasteiger partial charge is 0.243 e. The zero-order valence-corrected chi connectivity index (χ0v) is 26.4. The number of nitrogens with zero attached hydrogens (tertiary/aromatic N) is 2. The van der Waals surface area contributed by atoms with E-state index in [0.29, 0.717) is 22.9 Å². The summed E-state index contributed by atoms with van der Waals surface area (Å²) < 4.78 is 32.1. The molecule has 0 aromatic heterocycles. The molecule has 0 saturated carbocycles. The van der Waals surface area contributed by atoms with Gasteiger partial charge in [0.25, 0.3) is 0 Å². The van der Waals surface area contributed by atoms with E-state index in [4.69, 9.17) is 16.3 Å². The lowest BCUT2D eigenvalue weighted by molar-refractivity contribution is -0.141. The number of halogens is 1. The lowest BCUT2D eigenvalue weighted by Crippen LogP contribution is -2.51. The van der Waals surface area contributed by atoms with Crippen molar-refractivity contribution in [3.05, 3.63) is 94.5 Å². The molecule has 0 spiro atoms.